The standard InChI is InChI=1S/C18H19BrN2O.C2H2O4/c19-15-9-3-4-10-17(15)21-18(22)12-20-16-11-5-7-13-6-1-2-8-14(13)16;3-1(4)2(5)6/h1-4,6,8-10,16,20H,5,7,11-12H2,(H,21,22);(H,3,4)(H,5,6). The third-order valence-electron chi connectivity index (χ3n) is 4.21. The number of hydrogen-bond donors (Lipinski definition) is 4. The van der Waals surface area contributed by atoms with E-state index in [-0.39, 0.29) is 11.9 Å². The van der Waals surface area contributed by atoms with Gasteiger partial charge in [0.25, 0.3) is 0 Å². The lowest BCUT2D eigenvalue weighted by Gasteiger charge is -2.26. The number of aryl methyl sites for hydroxylation is 1. The molecular weight excluding hydrogens is 428 g/mol. The lowest BCUT2D eigenvalue weighted by molar-refractivity contribution is -0.159. The number of aliphatic carboxylic acids is 2. The van der Waals surface area contributed by atoms with Gasteiger partial charge in [-0.05, 0) is 58.5 Å². The molecule has 148 valence electrons. The van der Waals surface area contributed by atoms with E-state index >= 15 is 0 Å². The summed E-state index contributed by atoms with van der Waals surface area (Å²) in [5, 5.41) is 21.1. The van der Waals surface area contributed by atoms with Crippen LogP contribution in [0.4, 0.5) is 5.69 Å². The summed E-state index contributed by atoms with van der Waals surface area (Å²) in [5.41, 5.74) is 3.54. The monoisotopic (exact) mass is 448 g/mol. The van der Waals surface area contributed by atoms with Gasteiger partial charge >= 0.3 is 11.9 Å². The van der Waals surface area contributed by atoms with Crippen molar-refractivity contribution in [1.29, 1.82) is 0 Å². The van der Waals surface area contributed by atoms with Crippen LogP contribution in [0.5, 0.6) is 0 Å². The van der Waals surface area contributed by atoms with E-state index in [9.17, 15) is 4.79 Å². The smallest absolute Gasteiger partial charge is 0.414 e. The Morgan fingerprint density at radius 2 is 1.64 bits per heavy atom. The van der Waals surface area contributed by atoms with Gasteiger partial charge in [-0.3, -0.25) is 4.79 Å². The second kappa shape index (κ2) is 10.6. The van der Waals surface area contributed by atoms with Crippen LogP contribution in [0.15, 0.2) is 53.0 Å². The number of rotatable bonds is 4. The Bertz CT molecular complexity index is 844. The van der Waals surface area contributed by atoms with Crippen LogP contribution in [0, 0.1) is 0 Å². The molecule has 0 bridgehead atoms. The Kier molecular flexibility index (Phi) is 8.16. The van der Waals surface area contributed by atoms with Crippen LogP contribution in [0.2, 0.25) is 0 Å². The van der Waals surface area contributed by atoms with E-state index in [4.69, 9.17) is 19.8 Å². The maximum Gasteiger partial charge on any atom is 0.414 e. The number of carboxylic acids is 2. The van der Waals surface area contributed by atoms with E-state index in [2.05, 4.69) is 50.8 Å². The minimum Gasteiger partial charge on any atom is -0.473 e. The van der Waals surface area contributed by atoms with Gasteiger partial charge in [0, 0.05) is 10.5 Å². The van der Waals surface area contributed by atoms with Crippen LogP contribution < -0.4 is 10.6 Å². The third-order valence-corrected chi connectivity index (χ3v) is 4.90. The molecule has 0 aromatic heterocycles. The van der Waals surface area contributed by atoms with Gasteiger partial charge < -0.3 is 20.8 Å². The van der Waals surface area contributed by atoms with E-state index in [1.807, 2.05) is 24.3 Å². The van der Waals surface area contributed by atoms with Crippen LogP contribution in [0.1, 0.15) is 30.0 Å². The first kappa shape index (κ1) is 21.6. The van der Waals surface area contributed by atoms with Crippen molar-refractivity contribution in [3.8, 4) is 0 Å². The average Bonchev–Trinajstić information content (AvgIpc) is 2.68. The predicted molar refractivity (Wildman–Crippen MR) is 108 cm³/mol. The number of fused-ring (bicyclic) bond motifs is 1. The molecule has 3 rings (SSSR count). The topological polar surface area (TPSA) is 116 Å². The minimum absolute atomic E-state index is 0.0186. The summed E-state index contributed by atoms with van der Waals surface area (Å²) in [4.78, 5) is 30.3. The van der Waals surface area contributed by atoms with Crippen molar-refractivity contribution in [2.75, 3.05) is 11.9 Å². The van der Waals surface area contributed by atoms with E-state index in [0.717, 1.165) is 23.0 Å². The minimum atomic E-state index is -1.82. The number of hydrogen-bond acceptors (Lipinski definition) is 4. The van der Waals surface area contributed by atoms with Crippen molar-refractivity contribution >= 4 is 39.5 Å². The molecule has 1 amide bonds. The molecule has 4 N–H and O–H groups in total. The molecule has 0 radical (unpaired) electrons. The van der Waals surface area contributed by atoms with Crippen molar-refractivity contribution in [3.63, 3.8) is 0 Å². The lowest BCUT2D eigenvalue weighted by atomic mass is 9.88. The van der Waals surface area contributed by atoms with Crippen LogP contribution >= 0.6 is 15.9 Å². The number of nitrogens with one attached hydrogen (secondary N) is 2. The second-order valence-corrected chi connectivity index (χ2v) is 7.02. The summed E-state index contributed by atoms with van der Waals surface area (Å²) in [7, 11) is 0. The van der Waals surface area contributed by atoms with E-state index in [1.165, 1.54) is 17.5 Å². The zero-order chi connectivity index (χ0) is 20.5. The van der Waals surface area contributed by atoms with E-state index in [0.29, 0.717) is 6.54 Å². The number of carbonyl (C=O) groups is 3. The van der Waals surface area contributed by atoms with Crippen molar-refractivity contribution in [1.82, 2.24) is 5.32 Å². The quantitative estimate of drug-likeness (QED) is 0.533. The highest BCUT2D eigenvalue weighted by molar-refractivity contribution is 9.10. The maximum atomic E-state index is 12.1. The molecule has 7 nitrogen and oxygen atoms in total. The Morgan fingerprint density at radius 3 is 2.32 bits per heavy atom. The molecule has 2 aromatic rings. The molecule has 1 atom stereocenters. The largest absolute Gasteiger partial charge is 0.473 e. The molecule has 2 aromatic carbocycles. The molecule has 0 saturated carbocycles. The predicted octanol–water partition coefficient (Wildman–Crippen LogP) is 3.21. The number of carbonyl (C=O) groups excluding carboxylic acids is 1. The fraction of sp³-hybridized carbons (Fsp3) is 0.250. The molecule has 0 heterocycles. The Labute approximate surface area is 170 Å². The van der Waals surface area contributed by atoms with Crippen LogP contribution in [0.3, 0.4) is 0 Å². The fourth-order valence-electron chi connectivity index (χ4n) is 2.94. The van der Waals surface area contributed by atoms with Crippen molar-refractivity contribution < 1.29 is 24.6 Å². The summed E-state index contributed by atoms with van der Waals surface area (Å²) in [6.07, 6.45) is 3.39. The van der Waals surface area contributed by atoms with Crippen molar-refractivity contribution in [2.45, 2.75) is 25.3 Å². The molecule has 28 heavy (non-hydrogen) atoms. The number of amides is 1. The first-order valence-corrected chi connectivity index (χ1v) is 9.49. The summed E-state index contributed by atoms with van der Waals surface area (Å²) >= 11 is 3.44. The summed E-state index contributed by atoms with van der Waals surface area (Å²) in [6.45, 7) is 0.320. The zero-order valence-electron chi connectivity index (χ0n) is 15.0. The molecule has 1 aliphatic rings. The summed E-state index contributed by atoms with van der Waals surface area (Å²) in [6, 6.07) is 16.4. The molecule has 0 fully saturated rings. The molecule has 0 aliphatic heterocycles. The van der Waals surface area contributed by atoms with Gasteiger partial charge in [-0.2, -0.15) is 0 Å². The number of halogens is 1. The molecule has 1 unspecified atom stereocenters. The Morgan fingerprint density at radius 1 is 1.00 bits per heavy atom. The van der Waals surface area contributed by atoms with Gasteiger partial charge in [0.1, 0.15) is 0 Å². The summed E-state index contributed by atoms with van der Waals surface area (Å²) < 4.78 is 0.895. The van der Waals surface area contributed by atoms with Gasteiger partial charge in [0.05, 0.1) is 12.2 Å². The van der Waals surface area contributed by atoms with Gasteiger partial charge in [-0.1, -0.05) is 36.4 Å². The van der Waals surface area contributed by atoms with E-state index in [1.54, 1.807) is 0 Å². The van der Waals surface area contributed by atoms with Crippen molar-refractivity contribution in [2.24, 2.45) is 0 Å². The SMILES string of the molecule is O=C(CNC1CCCc2ccccc21)Nc1ccccc1Br.O=C(O)C(=O)O. The first-order valence-electron chi connectivity index (χ1n) is 8.70. The molecule has 1 aliphatic carbocycles. The number of anilines is 1. The molecule has 0 spiro atoms. The van der Waals surface area contributed by atoms with Gasteiger partial charge in [-0.15, -0.1) is 0 Å². The molecular formula is C20H21BrN2O5. The average molecular weight is 449 g/mol. The van der Waals surface area contributed by atoms with Gasteiger partial charge in [0.15, 0.2) is 0 Å². The Hall–Kier alpha value is -2.71. The Balaban J connectivity index is 0.000000409. The van der Waals surface area contributed by atoms with Crippen LogP contribution in [-0.4, -0.2) is 34.6 Å². The number of carboxylic acid groups (broad SMARTS) is 2. The third kappa shape index (κ3) is 6.47. The highest BCUT2D eigenvalue weighted by Gasteiger charge is 2.19. The molecule has 8 heteroatoms. The highest BCUT2D eigenvalue weighted by Crippen LogP contribution is 2.29. The summed E-state index contributed by atoms with van der Waals surface area (Å²) in [5.74, 6) is -3.67. The molecule has 0 saturated heterocycles. The number of benzene rings is 2. The zero-order valence-corrected chi connectivity index (χ0v) is 16.6. The lowest BCUT2D eigenvalue weighted by Crippen LogP contribution is -2.33. The maximum absolute atomic E-state index is 12.1. The first-order chi connectivity index (χ1) is 13.4. The normalized spacial score (nSPS) is 14.8. The fourth-order valence-corrected chi connectivity index (χ4v) is 3.32. The van der Waals surface area contributed by atoms with Crippen LogP contribution in [0.25, 0.3) is 0 Å². The number of para-hydroxylation sites is 1. The second-order valence-electron chi connectivity index (χ2n) is 6.16. The van der Waals surface area contributed by atoms with Crippen LogP contribution in [-0.2, 0) is 20.8 Å². The van der Waals surface area contributed by atoms with E-state index < -0.39 is 11.9 Å². The van der Waals surface area contributed by atoms with Gasteiger partial charge in [-0.25, -0.2) is 9.59 Å². The highest BCUT2D eigenvalue weighted by atomic mass is 79.9. The van der Waals surface area contributed by atoms with Gasteiger partial charge in [0.2, 0.25) is 5.91 Å². The van der Waals surface area contributed by atoms with Crippen molar-refractivity contribution in [3.05, 3.63) is 64.1 Å².